The number of likely N-dealkylation sites (N-methyl/N-ethyl adjacent to an activating group) is 1. The van der Waals surface area contributed by atoms with Crippen LogP contribution in [-0.2, 0) is 11.2 Å². The summed E-state index contributed by atoms with van der Waals surface area (Å²) in [5.41, 5.74) is 1.27. The van der Waals surface area contributed by atoms with Gasteiger partial charge in [0, 0.05) is 39.8 Å². The monoisotopic (exact) mass is 403 g/mol. The Kier molecular flexibility index (Phi) is 9.77. The minimum atomic E-state index is 0.0772. The van der Waals surface area contributed by atoms with Crippen molar-refractivity contribution in [3.8, 4) is 5.75 Å². The first-order valence-electron chi connectivity index (χ1n) is 10.6. The number of nitrogens with one attached hydrogen (secondary N) is 3. The number of carbonyl (C=O) groups is 1. The van der Waals surface area contributed by atoms with E-state index in [0.29, 0.717) is 18.5 Å². The van der Waals surface area contributed by atoms with Crippen LogP contribution >= 0.6 is 0 Å². The zero-order valence-electron chi connectivity index (χ0n) is 18.3. The predicted octanol–water partition coefficient (Wildman–Crippen LogP) is 1.64. The summed E-state index contributed by atoms with van der Waals surface area (Å²) in [5, 5.41) is 9.59. The number of nitrogens with zero attached hydrogens (tertiary/aromatic N) is 2. The summed E-state index contributed by atoms with van der Waals surface area (Å²) in [4.78, 5) is 18.0. The number of guanidine groups is 1. The molecule has 7 nitrogen and oxygen atoms in total. The Balaban J connectivity index is 1.67. The Bertz CT molecular complexity index is 637. The molecular weight excluding hydrogens is 366 g/mol. The first-order valence-corrected chi connectivity index (χ1v) is 10.6. The molecule has 2 rings (SSSR count). The molecule has 0 bridgehead atoms. The summed E-state index contributed by atoms with van der Waals surface area (Å²) in [5.74, 6) is 2.37. The summed E-state index contributed by atoms with van der Waals surface area (Å²) in [6.07, 6.45) is 2.95. The van der Waals surface area contributed by atoms with Crippen molar-refractivity contribution >= 4 is 11.9 Å². The molecule has 1 aromatic rings. The van der Waals surface area contributed by atoms with E-state index in [2.05, 4.69) is 51.8 Å². The normalized spacial score (nSPS) is 16.0. The summed E-state index contributed by atoms with van der Waals surface area (Å²) >= 11 is 0. The highest BCUT2D eigenvalue weighted by molar-refractivity contribution is 5.80. The van der Waals surface area contributed by atoms with Crippen molar-refractivity contribution in [2.45, 2.75) is 39.2 Å². The number of rotatable bonds is 9. The number of piperidine rings is 1. The van der Waals surface area contributed by atoms with Gasteiger partial charge in [0.05, 0.1) is 13.2 Å². The van der Waals surface area contributed by atoms with Crippen LogP contribution in [-0.4, -0.2) is 69.7 Å². The third kappa shape index (κ3) is 8.73. The van der Waals surface area contributed by atoms with Gasteiger partial charge in [0.15, 0.2) is 5.96 Å². The van der Waals surface area contributed by atoms with Crippen LogP contribution in [0.25, 0.3) is 0 Å². The van der Waals surface area contributed by atoms with Gasteiger partial charge in [0.1, 0.15) is 5.75 Å². The van der Waals surface area contributed by atoms with E-state index < -0.39 is 0 Å². The van der Waals surface area contributed by atoms with Crippen molar-refractivity contribution in [3.05, 3.63) is 29.8 Å². The van der Waals surface area contributed by atoms with Gasteiger partial charge in [-0.3, -0.25) is 14.7 Å². The van der Waals surface area contributed by atoms with Crippen LogP contribution in [0.1, 0.15) is 32.3 Å². The van der Waals surface area contributed by atoms with Gasteiger partial charge >= 0.3 is 0 Å². The molecule has 3 N–H and O–H groups in total. The largest absolute Gasteiger partial charge is 0.493 e. The van der Waals surface area contributed by atoms with Crippen LogP contribution < -0.4 is 20.7 Å². The minimum Gasteiger partial charge on any atom is -0.493 e. The van der Waals surface area contributed by atoms with E-state index in [9.17, 15) is 4.79 Å². The molecule has 29 heavy (non-hydrogen) atoms. The third-order valence-electron chi connectivity index (χ3n) is 5.01. The number of carbonyl (C=O) groups excluding carboxylic acids is 1. The maximum absolute atomic E-state index is 11.5. The fraction of sp³-hybridized carbons (Fsp3) is 0.636. The lowest BCUT2D eigenvalue weighted by Crippen LogP contribution is -2.50. The number of hydrogen-bond acceptors (Lipinski definition) is 4. The van der Waals surface area contributed by atoms with Crippen molar-refractivity contribution < 1.29 is 9.53 Å². The fourth-order valence-electron chi connectivity index (χ4n) is 3.25. The van der Waals surface area contributed by atoms with Gasteiger partial charge in [-0.1, -0.05) is 26.0 Å². The van der Waals surface area contributed by atoms with Crippen LogP contribution in [0.5, 0.6) is 5.75 Å². The molecule has 0 atom stereocenters. The second-order valence-electron chi connectivity index (χ2n) is 7.97. The van der Waals surface area contributed by atoms with Crippen molar-refractivity contribution in [1.82, 2.24) is 20.9 Å². The zero-order valence-corrected chi connectivity index (χ0v) is 18.3. The Hall–Kier alpha value is -2.28. The first-order chi connectivity index (χ1) is 14.0. The molecule has 0 aromatic heterocycles. The van der Waals surface area contributed by atoms with Crippen LogP contribution in [0, 0.1) is 5.92 Å². The average Bonchev–Trinajstić information content (AvgIpc) is 2.73. The molecule has 0 unspecified atom stereocenters. The fourth-order valence-corrected chi connectivity index (χ4v) is 3.25. The molecule has 0 saturated carbocycles. The van der Waals surface area contributed by atoms with Gasteiger partial charge in [0.2, 0.25) is 5.91 Å². The molecule has 0 aliphatic carbocycles. The molecule has 1 heterocycles. The van der Waals surface area contributed by atoms with E-state index in [-0.39, 0.29) is 5.91 Å². The van der Waals surface area contributed by atoms with Crippen molar-refractivity contribution in [1.29, 1.82) is 0 Å². The lowest BCUT2D eigenvalue weighted by Gasteiger charge is -2.32. The molecule has 1 aliphatic rings. The second kappa shape index (κ2) is 12.3. The van der Waals surface area contributed by atoms with Crippen molar-refractivity contribution in [3.63, 3.8) is 0 Å². The molecule has 1 aliphatic heterocycles. The van der Waals surface area contributed by atoms with E-state index in [4.69, 9.17) is 4.74 Å². The van der Waals surface area contributed by atoms with Gasteiger partial charge in [-0.15, -0.1) is 0 Å². The third-order valence-corrected chi connectivity index (χ3v) is 5.01. The Morgan fingerprint density at radius 1 is 1.24 bits per heavy atom. The molecule has 1 amide bonds. The number of likely N-dealkylation sites (tertiary alicyclic amines) is 1. The number of benzene rings is 1. The van der Waals surface area contributed by atoms with E-state index in [1.165, 1.54) is 5.56 Å². The van der Waals surface area contributed by atoms with Gasteiger partial charge < -0.3 is 20.7 Å². The van der Waals surface area contributed by atoms with Gasteiger partial charge in [-0.25, -0.2) is 0 Å². The van der Waals surface area contributed by atoms with Crippen molar-refractivity contribution in [2.75, 3.05) is 46.9 Å². The molecule has 0 radical (unpaired) electrons. The number of aliphatic imine (C=N–C) groups is 1. The maximum atomic E-state index is 11.5. The molecular formula is C22H37N5O2. The van der Waals surface area contributed by atoms with Gasteiger partial charge in [-0.2, -0.15) is 0 Å². The predicted molar refractivity (Wildman–Crippen MR) is 119 cm³/mol. The van der Waals surface area contributed by atoms with Crippen LogP contribution in [0.4, 0.5) is 0 Å². The topological polar surface area (TPSA) is 78.0 Å². The summed E-state index contributed by atoms with van der Waals surface area (Å²) in [7, 11) is 3.48. The van der Waals surface area contributed by atoms with E-state index >= 15 is 0 Å². The maximum Gasteiger partial charge on any atom is 0.233 e. The Morgan fingerprint density at radius 2 is 1.93 bits per heavy atom. The highest BCUT2D eigenvalue weighted by Gasteiger charge is 2.21. The van der Waals surface area contributed by atoms with E-state index in [1.807, 2.05) is 12.1 Å². The SMILES string of the molecule is CN=C(NCCc1ccc(OCC(C)C)cc1)NC1CCN(CC(=O)NC)CC1. The lowest BCUT2D eigenvalue weighted by molar-refractivity contribution is -0.122. The van der Waals surface area contributed by atoms with Crippen LogP contribution in [0.2, 0.25) is 0 Å². The molecule has 1 aromatic carbocycles. The highest BCUT2D eigenvalue weighted by atomic mass is 16.5. The molecule has 1 fully saturated rings. The number of hydrogen-bond donors (Lipinski definition) is 3. The molecule has 162 valence electrons. The average molecular weight is 404 g/mol. The minimum absolute atomic E-state index is 0.0772. The standard InChI is InChI=1S/C22H37N5O2/c1-17(2)16-29-20-7-5-18(6-8-20)9-12-25-22(24-4)26-19-10-13-27(14-11-19)15-21(28)23-3/h5-8,17,19H,9-16H2,1-4H3,(H,23,28)(H2,24,25,26). The Morgan fingerprint density at radius 3 is 2.52 bits per heavy atom. The summed E-state index contributed by atoms with van der Waals surface area (Å²) < 4.78 is 5.73. The summed E-state index contributed by atoms with van der Waals surface area (Å²) in [6, 6.07) is 8.71. The van der Waals surface area contributed by atoms with Gasteiger partial charge in [0.25, 0.3) is 0 Å². The van der Waals surface area contributed by atoms with Crippen molar-refractivity contribution in [2.24, 2.45) is 10.9 Å². The molecule has 1 saturated heterocycles. The smallest absolute Gasteiger partial charge is 0.233 e. The lowest BCUT2D eigenvalue weighted by atomic mass is 10.1. The second-order valence-corrected chi connectivity index (χ2v) is 7.97. The molecule has 7 heteroatoms. The quantitative estimate of drug-likeness (QED) is 0.432. The van der Waals surface area contributed by atoms with Crippen LogP contribution in [0.3, 0.4) is 0 Å². The van der Waals surface area contributed by atoms with Gasteiger partial charge in [-0.05, 0) is 42.9 Å². The Labute approximate surface area is 175 Å². The summed E-state index contributed by atoms with van der Waals surface area (Å²) in [6.45, 7) is 8.19. The van der Waals surface area contributed by atoms with E-state index in [1.54, 1.807) is 14.1 Å². The first kappa shape index (κ1) is 23.0. The number of amides is 1. The van der Waals surface area contributed by atoms with Crippen LogP contribution in [0.15, 0.2) is 29.3 Å². The highest BCUT2D eigenvalue weighted by Crippen LogP contribution is 2.13. The number of ether oxygens (including phenoxy) is 1. The molecule has 0 spiro atoms. The van der Waals surface area contributed by atoms with E-state index in [0.717, 1.165) is 57.2 Å². The zero-order chi connectivity index (χ0) is 21.1.